The number of nitrogens with one attached hydrogen (secondary N) is 2. The van der Waals surface area contributed by atoms with Crippen molar-refractivity contribution in [3.05, 3.63) is 44.9 Å². The van der Waals surface area contributed by atoms with Crippen molar-refractivity contribution in [1.29, 1.82) is 0 Å². The summed E-state index contributed by atoms with van der Waals surface area (Å²) in [6, 6.07) is 8.14. The molecule has 1 aliphatic rings. The number of aromatic nitrogens is 1. The molecule has 29 heavy (non-hydrogen) atoms. The highest BCUT2D eigenvalue weighted by Gasteiger charge is 2.17. The quantitative estimate of drug-likeness (QED) is 0.398. The van der Waals surface area contributed by atoms with Gasteiger partial charge in [-0.2, -0.15) is 0 Å². The highest BCUT2D eigenvalue weighted by atomic mass is 35.5. The van der Waals surface area contributed by atoms with Gasteiger partial charge in [0.05, 0.1) is 17.2 Å². The lowest BCUT2D eigenvalue weighted by atomic mass is 10.2. The van der Waals surface area contributed by atoms with Crippen LogP contribution in [-0.4, -0.2) is 62.2 Å². The van der Waals surface area contributed by atoms with Crippen LogP contribution < -0.4 is 15.5 Å². The fraction of sp³-hybridized carbons (Fsp3) is 0.524. The van der Waals surface area contributed by atoms with Gasteiger partial charge >= 0.3 is 0 Å². The molecule has 1 aliphatic heterocycles. The lowest BCUT2D eigenvalue weighted by molar-refractivity contribution is 0.255. The number of guanidine groups is 1. The molecule has 0 saturated carbocycles. The standard InChI is InChI=1S/C21H31ClN6S/c1-16-20(29-17(2)26-16)15-25-21(23-3)24-8-5-9-27-10-12-28(13-11-27)19-7-4-6-18(22)14-19/h4,6-7,14H,5,8-13,15H2,1-3H3,(H2,23,24,25). The third kappa shape index (κ3) is 6.59. The van der Waals surface area contributed by atoms with Gasteiger partial charge < -0.3 is 15.5 Å². The number of rotatable bonds is 7. The number of hydrogen-bond donors (Lipinski definition) is 2. The number of thiazole rings is 1. The van der Waals surface area contributed by atoms with Crippen molar-refractivity contribution in [2.75, 3.05) is 51.2 Å². The fourth-order valence-corrected chi connectivity index (χ4v) is 4.60. The molecule has 1 fully saturated rings. The third-order valence-electron chi connectivity index (χ3n) is 5.13. The van der Waals surface area contributed by atoms with Crippen LogP contribution in [0.5, 0.6) is 0 Å². The van der Waals surface area contributed by atoms with Gasteiger partial charge in [0.2, 0.25) is 0 Å². The summed E-state index contributed by atoms with van der Waals surface area (Å²) in [5.74, 6) is 0.848. The SMILES string of the molecule is CN=C(NCCCN1CCN(c2cccc(Cl)c2)CC1)NCc1sc(C)nc1C. The van der Waals surface area contributed by atoms with Gasteiger partial charge in [0.1, 0.15) is 0 Å². The van der Waals surface area contributed by atoms with E-state index in [0.717, 1.165) is 73.9 Å². The van der Waals surface area contributed by atoms with Crippen molar-refractivity contribution in [2.45, 2.75) is 26.8 Å². The molecule has 1 aromatic heterocycles. The number of halogens is 1. The molecule has 2 N–H and O–H groups in total. The van der Waals surface area contributed by atoms with Gasteiger partial charge in [0.25, 0.3) is 0 Å². The minimum absolute atomic E-state index is 0.766. The lowest BCUT2D eigenvalue weighted by Crippen LogP contribution is -2.47. The molecule has 1 saturated heterocycles. The first-order chi connectivity index (χ1) is 14.0. The molecule has 3 rings (SSSR count). The summed E-state index contributed by atoms with van der Waals surface area (Å²) in [6.07, 6.45) is 1.09. The van der Waals surface area contributed by atoms with Gasteiger partial charge in [-0.25, -0.2) is 4.98 Å². The summed E-state index contributed by atoms with van der Waals surface area (Å²) in [7, 11) is 1.81. The smallest absolute Gasteiger partial charge is 0.191 e. The largest absolute Gasteiger partial charge is 0.369 e. The Morgan fingerprint density at radius 1 is 1.21 bits per heavy atom. The second kappa shape index (κ2) is 10.8. The normalized spacial score (nSPS) is 15.6. The Kier molecular flexibility index (Phi) is 8.15. The molecule has 2 aromatic rings. The molecule has 0 amide bonds. The van der Waals surface area contributed by atoms with Gasteiger partial charge in [-0.3, -0.25) is 9.89 Å². The number of nitrogens with zero attached hydrogens (tertiary/aromatic N) is 4. The van der Waals surface area contributed by atoms with E-state index in [4.69, 9.17) is 11.6 Å². The van der Waals surface area contributed by atoms with E-state index in [2.05, 4.69) is 49.5 Å². The Morgan fingerprint density at radius 3 is 2.66 bits per heavy atom. The second-order valence-corrected chi connectivity index (χ2v) is 8.98. The van der Waals surface area contributed by atoms with Crippen LogP contribution in [0.15, 0.2) is 29.3 Å². The van der Waals surface area contributed by atoms with E-state index in [1.807, 2.05) is 26.1 Å². The molecule has 8 heteroatoms. The van der Waals surface area contributed by atoms with Crippen molar-refractivity contribution in [3.8, 4) is 0 Å². The van der Waals surface area contributed by atoms with E-state index in [0.29, 0.717) is 0 Å². The van der Waals surface area contributed by atoms with E-state index < -0.39 is 0 Å². The summed E-state index contributed by atoms with van der Waals surface area (Å²) in [4.78, 5) is 15.0. The highest BCUT2D eigenvalue weighted by molar-refractivity contribution is 7.11. The summed E-state index contributed by atoms with van der Waals surface area (Å²) in [5, 5.41) is 8.72. The minimum atomic E-state index is 0.766. The van der Waals surface area contributed by atoms with Gasteiger partial charge in [-0.05, 0) is 45.0 Å². The number of aliphatic imine (C=N–C) groups is 1. The molecule has 0 bridgehead atoms. The van der Waals surface area contributed by atoms with Crippen molar-refractivity contribution in [3.63, 3.8) is 0 Å². The summed E-state index contributed by atoms with van der Waals surface area (Å²) in [5.41, 5.74) is 2.33. The summed E-state index contributed by atoms with van der Waals surface area (Å²) >= 11 is 7.86. The van der Waals surface area contributed by atoms with Crippen LogP contribution in [-0.2, 0) is 6.54 Å². The molecule has 0 spiro atoms. The maximum absolute atomic E-state index is 6.12. The first-order valence-electron chi connectivity index (χ1n) is 10.2. The van der Waals surface area contributed by atoms with E-state index in [1.165, 1.54) is 10.6 Å². The highest BCUT2D eigenvalue weighted by Crippen LogP contribution is 2.20. The Balaban J connectivity index is 1.32. The van der Waals surface area contributed by atoms with Crippen molar-refractivity contribution < 1.29 is 0 Å². The predicted molar refractivity (Wildman–Crippen MR) is 125 cm³/mol. The van der Waals surface area contributed by atoms with Gasteiger partial charge in [-0.1, -0.05) is 17.7 Å². The Hall–Kier alpha value is -1.83. The molecular formula is C21H31ClN6S. The molecule has 6 nitrogen and oxygen atoms in total. The molecule has 158 valence electrons. The van der Waals surface area contributed by atoms with Crippen LogP contribution in [0.1, 0.15) is 22.0 Å². The van der Waals surface area contributed by atoms with E-state index in [9.17, 15) is 0 Å². The molecule has 2 heterocycles. The van der Waals surface area contributed by atoms with Gasteiger partial charge in [0, 0.05) is 55.4 Å². The zero-order chi connectivity index (χ0) is 20.6. The average Bonchev–Trinajstić information content (AvgIpc) is 3.05. The second-order valence-electron chi connectivity index (χ2n) is 7.26. The lowest BCUT2D eigenvalue weighted by Gasteiger charge is -2.36. The molecule has 0 aliphatic carbocycles. The van der Waals surface area contributed by atoms with Gasteiger partial charge in [0.15, 0.2) is 5.96 Å². The van der Waals surface area contributed by atoms with E-state index >= 15 is 0 Å². The Bertz CT molecular complexity index is 813. The molecule has 0 radical (unpaired) electrons. The van der Waals surface area contributed by atoms with E-state index in [1.54, 1.807) is 11.3 Å². The molecular weight excluding hydrogens is 404 g/mol. The maximum Gasteiger partial charge on any atom is 0.191 e. The number of aryl methyl sites for hydroxylation is 2. The van der Waals surface area contributed by atoms with Crippen LogP contribution in [0.2, 0.25) is 5.02 Å². The predicted octanol–water partition coefficient (Wildman–Crippen LogP) is 3.29. The van der Waals surface area contributed by atoms with Crippen molar-refractivity contribution >= 4 is 34.6 Å². The Morgan fingerprint density at radius 2 is 2.00 bits per heavy atom. The third-order valence-corrected chi connectivity index (χ3v) is 6.44. The zero-order valence-electron chi connectivity index (χ0n) is 17.5. The fourth-order valence-electron chi connectivity index (χ4n) is 3.53. The van der Waals surface area contributed by atoms with E-state index in [-0.39, 0.29) is 0 Å². The van der Waals surface area contributed by atoms with Gasteiger partial charge in [-0.15, -0.1) is 11.3 Å². The summed E-state index contributed by atoms with van der Waals surface area (Å²) < 4.78 is 0. The van der Waals surface area contributed by atoms with Crippen molar-refractivity contribution in [2.24, 2.45) is 4.99 Å². The number of hydrogen-bond acceptors (Lipinski definition) is 5. The van der Waals surface area contributed by atoms with Crippen LogP contribution in [0.3, 0.4) is 0 Å². The molecule has 1 aromatic carbocycles. The van der Waals surface area contributed by atoms with Crippen LogP contribution in [0, 0.1) is 13.8 Å². The monoisotopic (exact) mass is 434 g/mol. The number of anilines is 1. The molecule has 0 unspecified atom stereocenters. The Labute approximate surface area is 183 Å². The first kappa shape index (κ1) is 21.9. The van der Waals surface area contributed by atoms with Crippen molar-refractivity contribution in [1.82, 2.24) is 20.5 Å². The van der Waals surface area contributed by atoms with Crippen LogP contribution in [0.25, 0.3) is 0 Å². The maximum atomic E-state index is 6.12. The zero-order valence-corrected chi connectivity index (χ0v) is 19.1. The molecule has 0 atom stereocenters. The number of benzene rings is 1. The first-order valence-corrected chi connectivity index (χ1v) is 11.3. The average molecular weight is 435 g/mol. The topological polar surface area (TPSA) is 55.8 Å². The number of piperazine rings is 1. The minimum Gasteiger partial charge on any atom is -0.369 e. The van der Waals surface area contributed by atoms with Crippen LogP contribution >= 0.6 is 22.9 Å². The summed E-state index contributed by atoms with van der Waals surface area (Å²) in [6.45, 7) is 11.1. The van der Waals surface area contributed by atoms with Crippen LogP contribution in [0.4, 0.5) is 5.69 Å².